The van der Waals surface area contributed by atoms with Crippen LogP contribution in [0.4, 0.5) is 0 Å². The van der Waals surface area contributed by atoms with Gasteiger partial charge in [-0.1, -0.05) is 60.7 Å². The first-order valence-corrected chi connectivity index (χ1v) is 10.3. The Bertz CT molecular complexity index is 1000. The second-order valence-electron chi connectivity index (χ2n) is 8.52. The molecule has 0 spiro atoms. The molecule has 0 amide bonds. The average molecular weight is 403 g/mol. The Morgan fingerprint density at radius 2 is 1.57 bits per heavy atom. The van der Waals surface area contributed by atoms with E-state index >= 15 is 0 Å². The van der Waals surface area contributed by atoms with Crippen molar-refractivity contribution in [2.75, 3.05) is 7.11 Å². The third-order valence-electron chi connectivity index (χ3n) is 5.06. The number of esters is 1. The van der Waals surface area contributed by atoms with Gasteiger partial charge in [-0.25, -0.2) is 0 Å². The number of aryl methyl sites for hydroxylation is 1. The van der Waals surface area contributed by atoms with Gasteiger partial charge in [0.15, 0.2) is 0 Å². The molecule has 0 saturated carbocycles. The predicted octanol–water partition coefficient (Wildman–Crippen LogP) is 6.53. The summed E-state index contributed by atoms with van der Waals surface area (Å²) in [5.41, 5.74) is 5.05. The van der Waals surface area contributed by atoms with Crippen LogP contribution in [0.2, 0.25) is 0 Å². The molecule has 0 fully saturated rings. The van der Waals surface area contributed by atoms with E-state index in [1.54, 1.807) is 7.11 Å². The van der Waals surface area contributed by atoms with Crippen molar-refractivity contribution in [1.29, 1.82) is 0 Å². The van der Waals surface area contributed by atoms with Crippen molar-refractivity contribution >= 4 is 5.97 Å². The number of rotatable bonds is 6. The number of carbonyl (C=O) groups excluding carboxylic acids is 1. The largest absolute Gasteiger partial charge is 0.497 e. The predicted molar refractivity (Wildman–Crippen MR) is 122 cm³/mol. The molecule has 3 nitrogen and oxygen atoms in total. The van der Waals surface area contributed by atoms with Crippen molar-refractivity contribution in [3.8, 4) is 16.9 Å². The van der Waals surface area contributed by atoms with Gasteiger partial charge in [0, 0.05) is 5.92 Å². The lowest BCUT2D eigenvalue weighted by Crippen LogP contribution is -2.25. The van der Waals surface area contributed by atoms with Crippen molar-refractivity contribution < 1.29 is 14.3 Å². The van der Waals surface area contributed by atoms with E-state index < -0.39 is 5.60 Å². The van der Waals surface area contributed by atoms with Crippen LogP contribution in [0.5, 0.6) is 5.75 Å². The molecule has 3 aromatic carbocycles. The fourth-order valence-electron chi connectivity index (χ4n) is 3.78. The van der Waals surface area contributed by atoms with E-state index in [9.17, 15) is 4.79 Å². The summed E-state index contributed by atoms with van der Waals surface area (Å²) >= 11 is 0. The van der Waals surface area contributed by atoms with Gasteiger partial charge >= 0.3 is 5.97 Å². The maximum absolute atomic E-state index is 12.9. The highest BCUT2D eigenvalue weighted by Gasteiger charge is 2.26. The van der Waals surface area contributed by atoms with Crippen LogP contribution in [0.3, 0.4) is 0 Å². The molecule has 3 aromatic rings. The Morgan fingerprint density at radius 1 is 0.900 bits per heavy atom. The molecule has 3 heteroatoms. The maximum Gasteiger partial charge on any atom is 0.307 e. The third kappa shape index (κ3) is 5.29. The molecule has 0 aliphatic carbocycles. The molecule has 0 aliphatic rings. The first-order chi connectivity index (χ1) is 14.3. The van der Waals surface area contributed by atoms with Crippen LogP contribution in [-0.2, 0) is 9.53 Å². The van der Waals surface area contributed by atoms with Gasteiger partial charge in [-0.15, -0.1) is 0 Å². The molecule has 0 saturated heterocycles. The smallest absolute Gasteiger partial charge is 0.307 e. The highest BCUT2D eigenvalue weighted by Crippen LogP contribution is 2.38. The summed E-state index contributed by atoms with van der Waals surface area (Å²) in [6.45, 7) is 7.76. The average Bonchev–Trinajstić information content (AvgIpc) is 2.71. The highest BCUT2D eigenvalue weighted by atomic mass is 16.6. The second-order valence-corrected chi connectivity index (χ2v) is 8.52. The van der Waals surface area contributed by atoms with Crippen LogP contribution >= 0.6 is 0 Å². The molecule has 0 unspecified atom stereocenters. The lowest BCUT2D eigenvalue weighted by atomic mass is 9.82. The van der Waals surface area contributed by atoms with Gasteiger partial charge in [-0.05, 0) is 67.6 Å². The molecule has 0 radical (unpaired) electrons. The highest BCUT2D eigenvalue weighted by molar-refractivity contribution is 5.75. The maximum atomic E-state index is 12.9. The summed E-state index contributed by atoms with van der Waals surface area (Å²) < 4.78 is 11.1. The first-order valence-electron chi connectivity index (χ1n) is 10.3. The summed E-state index contributed by atoms with van der Waals surface area (Å²) in [5.74, 6) is 0.483. The van der Waals surface area contributed by atoms with Crippen LogP contribution in [0.15, 0.2) is 72.8 Å². The summed E-state index contributed by atoms with van der Waals surface area (Å²) in [5, 5.41) is 0. The van der Waals surface area contributed by atoms with Gasteiger partial charge in [-0.3, -0.25) is 4.79 Å². The molecular weight excluding hydrogens is 372 g/mol. The summed E-state index contributed by atoms with van der Waals surface area (Å²) in [7, 11) is 1.66. The van der Waals surface area contributed by atoms with Crippen LogP contribution in [-0.4, -0.2) is 18.7 Å². The van der Waals surface area contributed by atoms with Crippen molar-refractivity contribution in [2.24, 2.45) is 0 Å². The standard InChI is InChI=1S/C27H30O3/c1-19-17-21(29-5)15-16-22(19)25(18-26(28)30-27(2,3)4)24-14-10-9-13-23(24)20-11-7-6-8-12-20/h6-17,25H,18H2,1-5H3/t25-/m0/s1. The second kappa shape index (κ2) is 9.17. The number of hydrogen-bond donors (Lipinski definition) is 0. The number of hydrogen-bond acceptors (Lipinski definition) is 3. The zero-order valence-electron chi connectivity index (χ0n) is 18.4. The van der Waals surface area contributed by atoms with Crippen molar-refractivity contribution in [3.05, 3.63) is 89.5 Å². The van der Waals surface area contributed by atoms with Crippen LogP contribution in [0.25, 0.3) is 11.1 Å². The molecule has 0 aliphatic heterocycles. The van der Waals surface area contributed by atoms with E-state index in [-0.39, 0.29) is 18.3 Å². The van der Waals surface area contributed by atoms with Crippen molar-refractivity contribution in [2.45, 2.75) is 45.6 Å². The normalized spacial score (nSPS) is 12.3. The van der Waals surface area contributed by atoms with Crippen LogP contribution in [0, 0.1) is 6.92 Å². The first kappa shape index (κ1) is 21.6. The van der Waals surface area contributed by atoms with Gasteiger partial charge < -0.3 is 9.47 Å². The van der Waals surface area contributed by atoms with Crippen molar-refractivity contribution in [1.82, 2.24) is 0 Å². The minimum Gasteiger partial charge on any atom is -0.497 e. The monoisotopic (exact) mass is 402 g/mol. The molecular formula is C27H30O3. The SMILES string of the molecule is COc1ccc([C@H](CC(=O)OC(C)(C)C)c2ccccc2-c2ccccc2)c(C)c1. The lowest BCUT2D eigenvalue weighted by molar-refractivity contribution is -0.155. The molecule has 0 aromatic heterocycles. The Kier molecular flexibility index (Phi) is 6.61. The van der Waals surface area contributed by atoms with Crippen LogP contribution < -0.4 is 4.74 Å². The third-order valence-corrected chi connectivity index (χ3v) is 5.06. The van der Waals surface area contributed by atoms with Gasteiger partial charge in [0.1, 0.15) is 11.4 Å². The van der Waals surface area contributed by atoms with Gasteiger partial charge in [0.25, 0.3) is 0 Å². The minimum atomic E-state index is -0.518. The van der Waals surface area contributed by atoms with E-state index in [4.69, 9.17) is 9.47 Å². The van der Waals surface area contributed by atoms with E-state index in [1.165, 1.54) is 0 Å². The topological polar surface area (TPSA) is 35.5 Å². The number of ether oxygens (including phenoxy) is 2. The molecule has 0 bridgehead atoms. The molecule has 156 valence electrons. The van der Waals surface area contributed by atoms with Crippen molar-refractivity contribution in [3.63, 3.8) is 0 Å². The molecule has 1 atom stereocenters. The Hall–Kier alpha value is -3.07. The quantitative estimate of drug-likeness (QED) is 0.440. The summed E-state index contributed by atoms with van der Waals surface area (Å²) in [4.78, 5) is 12.9. The lowest BCUT2D eigenvalue weighted by Gasteiger charge is -2.25. The number of benzene rings is 3. The Balaban J connectivity index is 2.10. The molecule has 0 N–H and O–H groups in total. The molecule has 30 heavy (non-hydrogen) atoms. The van der Waals surface area contributed by atoms with Gasteiger partial charge in [0.05, 0.1) is 13.5 Å². The minimum absolute atomic E-state index is 0.123. The van der Waals surface area contributed by atoms with Gasteiger partial charge in [-0.2, -0.15) is 0 Å². The Morgan fingerprint density at radius 3 is 2.20 bits per heavy atom. The number of carbonyl (C=O) groups is 1. The summed E-state index contributed by atoms with van der Waals surface area (Å²) in [6.07, 6.45) is 0.272. The van der Waals surface area contributed by atoms with E-state index in [0.717, 1.165) is 33.6 Å². The molecule has 3 rings (SSSR count). The Labute approximate surface area is 179 Å². The van der Waals surface area contributed by atoms with E-state index in [1.807, 2.05) is 63.2 Å². The zero-order chi connectivity index (χ0) is 21.7. The van der Waals surface area contributed by atoms with Gasteiger partial charge in [0.2, 0.25) is 0 Å². The molecule has 0 heterocycles. The summed E-state index contributed by atoms with van der Waals surface area (Å²) in [6, 6.07) is 24.6. The fraction of sp³-hybridized carbons (Fsp3) is 0.296. The van der Waals surface area contributed by atoms with E-state index in [0.29, 0.717) is 0 Å². The fourth-order valence-corrected chi connectivity index (χ4v) is 3.78. The van der Waals surface area contributed by atoms with Crippen LogP contribution in [0.1, 0.15) is 49.8 Å². The number of methoxy groups -OCH3 is 1. The zero-order valence-corrected chi connectivity index (χ0v) is 18.4. The van der Waals surface area contributed by atoms with E-state index in [2.05, 4.69) is 37.3 Å².